The standard InChI is InChI=1S/C6H10N4O2/c1-12-6(11)4-2-5(8-3-4)9-10-7/h4-5,8H,2-3H2,1H3. The summed E-state index contributed by atoms with van der Waals surface area (Å²) in [5.41, 5.74) is 8.11. The Balaban J connectivity index is 2.45. The highest BCUT2D eigenvalue weighted by Crippen LogP contribution is 2.15. The normalized spacial score (nSPS) is 27.8. The van der Waals surface area contributed by atoms with Crippen LogP contribution < -0.4 is 5.32 Å². The highest BCUT2D eigenvalue weighted by atomic mass is 16.5. The van der Waals surface area contributed by atoms with Gasteiger partial charge in [-0.05, 0) is 12.0 Å². The van der Waals surface area contributed by atoms with Crippen molar-refractivity contribution in [1.82, 2.24) is 5.32 Å². The second kappa shape index (κ2) is 3.94. The van der Waals surface area contributed by atoms with Crippen LogP contribution in [-0.2, 0) is 9.53 Å². The maximum Gasteiger partial charge on any atom is 0.310 e. The Morgan fingerprint density at radius 3 is 3.17 bits per heavy atom. The van der Waals surface area contributed by atoms with Crippen molar-refractivity contribution in [1.29, 1.82) is 0 Å². The van der Waals surface area contributed by atoms with Crippen LogP contribution in [-0.4, -0.2) is 25.8 Å². The second-order valence-electron chi connectivity index (χ2n) is 2.58. The van der Waals surface area contributed by atoms with Gasteiger partial charge in [-0.25, -0.2) is 0 Å². The van der Waals surface area contributed by atoms with Gasteiger partial charge >= 0.3 is 5.97 Å². The van der Waals surface area contributed by atoms with Crippen molar-refractivity contribution in [3.63, 3.8) is 0 Å². The molecule has 0 radical (unpaired) electrons. The number of hydrogen-bond donors (Lipinski definition) is 1. The number of hydrogen-bond acceptors (Lipinski definition) is 4. The van der Waals surface area contributed by atoms with E-state index in [2.05, 4.69) is 20.1 Å². The average molecular weight is 170 g/mol. The maximum atomic E-state index is 11.0. The van der Waals surface area contributed by atoms with Crippen LogP contribution in [0.15, 0.2) is 5.11 Å². The molecule has 0 spiro atoms. The van der Waals surface area contributed by atoms with Gasteiger partial charge in [0.2, 0.25) is 0 Å². The van der Waals surface area contributed by atoms with Crippen LogP contribution in [0.2, 0.25) is 0 Å². The number of nitrogens with zero attached hydrogens (tertiary/aromatic N) is 3. The van der Waals surface area contributed by atoms with E-state index in [9.17, 15) is 4.79 Å². The fourth-order valence-electron chi connectivity index (χ4n) is 1.21. The monoisotopic (exact) mass is 170 g/mol. The predicted molar refractivity (Wildman–Crippen MR) is 41.1 cm³/mol. The summed E-state index contributed by atoms with van der Waals surface area (Å²) in [5, 5.41) is 6.35. The zero-order valence-electron chi connectivity index (χ0n) is 6.73. The summed E-state index contributed by atoms with van der Waals surface area (Å²) in [4.78, 5) is 13.6. The van der Waals surface area contributed by atoms with Crippen molar-refractivity contribution in [2.24, 2.45) is 11.0 Å². The van der Waals surface area contributed by atoms with E-state index in [1.165, 1.54) is 7.11 Å². The highest BCUT2D eigenvalue weighted by molar-refractivity contribution is 5.72. The lowest BCUT2D eigenvalue weighted by Crippen LogP contribution is -2.20. The van der Waals surface area contributed by atoms with Crippen molar-refractivity contribution < 1.29 is 9.53 Å². The molecule has 6 heteroatoms. The predicted octanol–water partition coefficient (Wildman–Crippen LogP) is 0.405. The number of rotatable bonds is 2. The lowest BCUT2D eigenvalue weighted by atomic mass is 10.1. The van der Waals surface area contributed by atoms with Gasteiger partial charge < -0.3 is 10.1 Å². The molecule has 0 bridgehead atoms. The number of esters is 1. The van der Waals surface area contributed by atoms with Crippen LogP contribution in [0.25, 0.3) is 10.4 Å². The van der Waals surface area contributed by atoms with E-state index in [-0.39, 0.29) is 18.1 Å². The summed E-state index contributed by atoms with van der Waals surface area (Å²) in [6.45, 7) is 0.524. The summed E-state index contributed by atoms with van der Waals surface area (Å²) in [7, 11) is 1.35. The Morgan fingerprint density at radius 1 is 1.83 bits per heavy atom. The molecule has 66 valence electrons. The highest BCUT2D eigenvalue weighted by Gasteiger charge is 2.29. The van der Waals surface area contributed by atoms with Crippen LogP contribution in [0.5, 0.6) is 0 Å². The van der Waals surface area contributed by atoms with Gasteiger partial charge in [0.05, 0.1) is 19.2 Å². The van der Waals surface area contributed by atoms with Gasteiger partial charge in [0, 0.05) is 11.5 Å². The first-order valence-electron chi connectivity index (χ1n) is 3.63. The second-order valence-corrected chi connectivity index (χ2v) is 2.58. The molecule has 1 aliphatic heterocycles. The van der Waals surface area contributed by atoms with Gasteiger partial charge in [0.15, 0.2) is 0 Å². The van der Waals surface area contributed by atoms with E-state index in [0.29, 0.717) is 13.0 Å². The minimum Gasteiger partial charge on any atom is -0.469 e. The van der Waals surface area contributed by atoms with Crippen LogP contribution in [0.3, 0.4) is 0 Å². The SMILES string of the molecule is COC(=O)C1CNC(N=[N+]=[N-])C1. The summed E-state index contributed by atoms with van der Waals surface area (Å²) < 4.78 is 4.55. The van der Waals surface area contributed by atoms with E-state index in [1.54, 1.807) is 0 Å². The minimum absolute atomic E-state index is 0.175. The average Bonchev–Trinajstić information content (AvgIpc) is 2.52. The quantitative estimate of drug-likeness (QED) is 0.281. The summed E-state index contributed by atoms with van der Waals surface area (Å²) in [5.74, 6) is -0.427. The van der Waals surface area contributed by atoms with Crippen LogP contribution in [0, 0.1) is 5.92 Å². The zero-order chi connectivity index (χ0) is 8.97. The molecular weight excluding hydrogens is 160 g/mol. The molecule has 1 N–H and O–H groups in total. The van der Waals surface area contributed by atoms with E-state index >= 15 is 0 Å². The first kappa shape index (κ1) is 8.83. The molecule has 2 atom stereocenters. The lowest BCUT2D eigenvalue weighted by molar-refractivity contribution is -0.144. The number of ether oxygens (including phenoxy) is 1. The first-order chi connectivity index (χ1) is 5.77. The molecule has 0 amide bonds. The Hall–Kier alpha value is -1.26. The van der Waals surface area contributed by atoms with Crippen molar-refractivity contribution in [2.75, 3.05) is 13.7 Å². The van der Waals surface area contributed by atoms with E-state index < -0.39 is 0 Å². The summed E-state index contributed by atoms with van der Waals surface area (Å²) in [6.07, 6.45) is 0.260. The Kier molecular flexibility index (Phi) is 2.90. The third kappa shape index (κ3) is 1.87. The molecule has 0 aromatic carbocycles. The fourth-order valence-corrected chi connectivity index (χ4v) is 1.21. The number of azide groups is 1. The zero-order valence-corrected chi connectivity index (χ0v) is 6.73. The number of carbonyl (C=O) groups is 1. The molecule has 1 heterocycles. The molecule has 1 saturated heterocycles. The summed E-state index contributed by atoms with van der Waals surface area (Å²) >= 11 is 0. The molecule has 1 rings (SSSR count). The minimum atomic E-state index is -0.265. The molecular formula is C6H10N4O2. The Labute approximate surface area is 69.5 Å². The fraction of sp³-hybridized carbons (Fsp3) is 0.833. The van der Waals surface area contributed by atoms with E-state index in [4.69, 9.17) is 5.53 Å². The third-order valence-electron chi connectivity index (χ3n) is 1.83. The number of carbonyl (C=O) groups excluding carboxylic acids is 1. The van der Waals surface area contributed by atoms with Crippen molar-refractivity contribution >= 4 is 5.97 Å². The van der Waals surface area contributed by atoms with E-state index in [0.717, 1.165) is 0 Å². The van der Waals surface area contributed by atoms with Crippen molar-refractivity contribution in [3.8, 4) is 0 Å². The molecule has 0 saturated carbocycles. The van der Waals surface area contributed by atoms with Gasteiger partial charge in [-0.3, -0.25) is 4.79 Å². The van der Waals surface area contributed by atoms with Gasteiger partial charge in [-0.2, -0.15) is 0 Å². The number of nitrogens with one attached hydrogen (secondary N) is 1. The molecule has 0 aliphatic carbocycles. The maximum absolute atomic E-state index is 11.0. The van der Waals surface area contributed by atoms with Crippen LogP contribution in [0.1, 0.15) is 6.42 Å². The summed E-state index contributed by atoms with van der Waals surface area (Å²) in [6, 6.07) is 0. The smallest absolute Gasteiger partial charge is 0.310 e. The van der Waals surface area contributed by atoms with Gasteiger partial charge in [-0.15, -0.1) is 0 Å². The van der Waals surface area contributed by atoms with Crippen LogP contribution in [0.4, 0.5) is 0 Å². The van der Waals surface area contributed by atoms with Crippen molar-refractivity contribution in [2.45, 2.75) is 12.6 Å². The Bertz CT molecular complexity index is 224. The lowest BCUT2D eigenvalue weighted by Gasteiger charge is -2.03. The molecule has 1 aliphatic rings. The van der Waals surface area contributed by atoms with Gasteiger partial charge in [-0.1, -0.05) is 5.11 Å². The van der Waals surface area contributed by atoms with Gasteiger partial charge in [0.1, 0.15) is 0 Å². The molecule has 2 unspecified atom stereocenters. The van der Waals surface area contributed by atoms with Gasteiger partial charge in [0.25, 0.3) is 0 Å². The molecule has 12 heavy (non-hydrogen) atoms. The Morgan fingerprint density at radius 2 is 2.58 bits per heavy atom. The molecule has 6 nitrogen and oxygen atoms in total. The third-order valence-corrected chi connectivity index (χ3v) is 1.83. The molecule has 0 aromatic heterocycles. The van der Waals surface area contributed by atoms with Crippen molar-refractivity contribution in [3.05, 3.63) is 10.4 Å². The van der Waals surface area contributed by atoms with Crippen LogP contribution >= 0.6 is 0 Å². The number of methoxy groups -OCH3 is 1. The first-order valence-corrected chi connectivity index (χ1v) is 3.63. The molecule has 1 fully saturated rings. The topological polar surface area (TPSA) is 87.1 Å². The molecule has 0 aromatic rings. The van der Waals surface area contributed by atoms with E-state index in [1.807, 2.05) is 0 Å². The largest absolute Gasteiger partial charge is 0.469 e.